The summed E-state index contributed by atoms with van der Waals surface area (Å²) in [6, 6.07) is 1.46. The molecule has 0 aliphatic rings. The van der Waals surface area contributed by atoms with Gasteiger partial charge in [0.15, 0.2) is 0 Å². The standard InChI is InChI=1S/C9H21Si/c1-3-4-5-6-7-8-9-10-2/h2-10H2,1H3. The lowest BCUT2D eigenvalue weighted by molar-refractivity contribution is 0.624. The molecule has 0 saturated heterocycles. The molecule has 10 heavy (non-hydrogen) atoms. The Hall–Kier alpha value is 0.217. The molecule has 0 bridgehead atoms. The fraction of sp³-hybridized carbons (Fsp3) is 0.889. The summed E-state index contributed by atoms with van der Waals surface area (Å²) in [5.41, 5.74) is 0. The SMILES string of the molecule is [CH2][SiH2]CCCCCCCC. The minimum Gasteiger partial charge on any atom is -0.0656 e. The van der Waals surface area contributed by atoms with Gasteiger partial charge in [-0.3, -0.25) is 0 Å². The van der Waals surface area contributed by atoms with Crippen molar-refractivity contribution in [3.63, 3.8) is 0 Å². The molecule has 0 heterocycles. The highest BCUT2D eigenvalue weighted by molar-refractivity contribution is 6.37. The van der Waals surface area contributed by atoms with E-state index in [0.29, 0.717) is 0 Å². The average Bonchev–Trinajstić information content (AvgIpc) is 1.97. The van der Waals surface area contributed by atoms with Crippen molar-refractivity contribution in [1.82, 2.24) is 0 Å². The summed E-state index contributed by atoms with van der Waals surface area (Å²) in [4.78, 5) is 0. The molecule has 0 spiro atoms. The van der Waals surface area contributed by atoms with Crippen molar-refractivity contribution in [1.29, 1.82) is 0 Å². The minimum absolute atomic E-state index is 0.125. The van der Waals surface area contributed by atoms with Crippen LogP contribution in [0.25, 0.3) is 0 Å². The van der Waals surface area contributed by atoms with Crippen LogP contribution in [-0.4, -0.2) is 9.52 Å². The highest BCUT2D eigenvalue weighted by Crippen LogP contribution is 2.06. The van der Waals surface area contributed by atoms with Crippen molar-refractivity contribution < 1.29 is 0 Å². The van der Waals surface area contributed by atoms with Gasteiger partial charge in [0.25, 0.3) is 0 Å². The summed E-state index contributed by atoms with van der Waals surface area (Å²) in [6.07, 6.45) is 8.63. The zero-order valence-corrected chi connectivity index (χ0v) is 8.78. The van der Waals surface area contributed by atoms with E-state index in [1.54, 1.807) is 0 Å². The van der Waals surface area contributed by atoms with Crippen molar-refractivity contribution in [2.24, 2.45) is 0 Å². The first-order valence-corrected chi connectivity index (χ1v) is 6.71. The number of hydrogen-bond donors (Lipinski definition) is 0. The molecule has 0 rings (SSSR count). The quantitative estimate of drug-likeness (QED) is 0.394. The fourth-order valence-electron chi connectivity index (χ4n) is 1.13. The summed E-state index contributed by atoms with van der Waals surface area (Å²) in [5.74, 6) is 0. The predicted molar refractivity (Wildman–Crippen MR) is 52.1 cm³/mol. The molecule has 0 aromatic carbocycles. The van der Waals surface area contributed by atoms with Crippen LogP contribution in [-0.2, 0) is 0 Å². The van der Waals surface area contributed by atoms with Gasteiger partial charge in [0.2, 0.25) is 0 Å². The maximum Gasteiger partial charge on any atom is 0.0194 e. The molecule has 0 aliphatic carbocycles. The summed E-state index contributed by atoms with van der Waals surface area (Å²) in [5, 5.41) is 0. The van der Waals surface area contributed by atoms with Crippen molar-refractivity contribution >= 4 is 9.52 Å². The molecule has 1 radical (unpaired) electrons. The van der Waals surface area contributed by atoms with Gasteiger partial charge in [-0.15, -0.1) is 0 Å². The van der Waals surface area contributed by atoms with Gasteiger partial charge in [-0.25, -0.2) is 0 Å². The number of unbranched alkanes of at least 4 members (excludes halogenated alkanes) is 5. The maximum absolute atomic E-state index is 3.96. The first-order chi connectivity index (χ1) is 4.91. The van der Waals surface area contributed by atoms with Crippen LogP contribution in [0.15, 0.2) is 0 Å². The van der Waals surface area contributed by atoms with Crippen molar-refractivity contribution in [2.75, 3.05) is 0 Å². The van der Waals surface area contributed by atoms with Crippen molar-refractivity contribution in [2.45, 2.75) is 51.5 Å². The average molecular weight is 157 g/mol. The third-order valence-corrected chi connectivity index (χ3v) is 2.85. The third-order valence-electron chi connectivity index (χ3n) is 1.85. The Morgan fingerprint density at radius 2 is 1.60 bits per heavy atom. The van der Waals surface area contributed by atoms with Gasteiger partial charge in [0.1, 0.15) is 0 Å². The molecular weight excluding hydrogens is 136 g/mol. The van der Waals surface area contributed by atoms with E-state index in [1.165, 1.54) is 44.6 Å². The third kappa shape index (κ3) is 8.22. The topological polar surface area (TPSA) is 0 Å². The van der Waals surface area contributed by atoms with Gasteiger partial charge in [-0.2, -0.15) is 0 Å². The second kappa shape index (κ2) is 9.22. The first kappa shape index (κ1) is 10.2. The van der Waals surface area contributed by atoms with E-state index in [4.69, 9.17) is 0 Å². The zero-order valence-electron chi connectivity index (χ0n) is 7.36. The molecule has 61 valence electrons. The van der Waals surface area contributed by atoms with E-state index in [9.17, 15) is 0 Å². The number of hydrogen-bond acceptors (Lipinski definition) is 0. The molecule has 1 heteroatoms. The highest BCUT2D eigenvalue weighted by Gasteiger charge is 1.87. The maximum atomic E-state index is 3.96. The Morgan fingerprint density at radius 3 is 2.20 bits per heavy atom. The lowest BCUT2D eigenvalue weighted by Crippen LogP contribution is -1.82. The van der Waals surface area contributed by atoms with Crippen LogP contribution in [0.1, 0.15) is 45.4 Å². The van der Waals surface area contributed by atoms with Gasteiger partial charge < -0.3 is 0 Å². The highest BCUT2D eigenvalue weighted by atomic mass is 28.2. The molecule has 0 nitrogen and oxygen atoms in total. The molecule has 0 aromatic rings. The summed E-state index contributed by atoms with van der Waals surface area (Å²) in [7, 11) is 0.125. The molecule has 0 atom stereocenters. The van der Waals surface area contributed by atoms with Crippen LogP contribution in [0.4, 0.5) is 0 Å². The molecule has 0 amide bonds. The minimum atomic E-state index is 0.125. The van der Waals surface area contributed by atoms with Crippen LogP contribution in [0, 0.1) is 6.55 Å². The van der Waals surface area contributed by atoms with Crippen molar-refractivity contribution in [3.05, 3.63) is 6.55 Å². The van der Waals surface area contributed by atoms with Crippen LogP contribution in [0.5, 0.6) is 0 Å². The summed E-state index contributed by atoms with van der Waals surface area (Å²) >= 11 is 0. The monoisotopic (exact) mass is 157 g/mol. The van der Waals surface area contributed by atoms with Gasteiger partial charge in [-0.05, 0) is 0 Å². The Balaban J connectivity index is 2.65. The molecule has 0 aromatic heterocycles. The van der Waals surface area contributed by atoms with E-state index in [2.05, 4.69) is 13.5 Å². The van der Waals surface area contributed by atoms with Gasteiger partial charge in [0, 0.05) is 9.52 Å². The Bertz CT molecular complexity index is 44.7. The second-order valence-electron chi connectivity index (χ2n) is 2.97. The van der Waals surface area contributed by atoms with Gasteiger partial charge in [-0.1, -0.05) is 58.0 Å². The van der Waals surface area contributed by atoms with E-state index >= 15 is 0 Å². The van der Waals surface area contributed by atoms with E-state index in [0.717, 1.165) is 0 Å². The summed E-state index contributed by atoms with van der Waals surface area (Å²) in [6.45, 7) is 6.23. The van der Waals surface area contributed by atoms with Gasteiger partial charge in [0.05, 0.1) is 0 Å². The molecule has 0 aliphatic heterocycles. The van der Waals surface area contributed by atoms with Crippen LogP contribution in [0.2, 0.25) is 6.04 Å². The number of rotatable bonds is 7. The van der Waals surface area contributed by atoms with Crippen LogP contribution >= 0.6 is 0 Å². The summed E-state index contributed by atoms with van der Waals surface area (Å²) < 4.78 is 0. The molecule has 0 unspecified atom stereocenters. The molecule has 0 fully saturated rings. The van der Waals surface area contributed by atoms with E-state index in [1.807, 2.05) is 0 Å². The lowest BCUT2D eigenvalue weighted by Gasteiger charge is -1.97. The first-order valence-electron chi connectivity index (χ1n) is 4.71. The molecular formula is C9H21Si. The van der Waals surface area contributed by atoms with Gasteiger partial charge >= 0.3 is 0 Å². The molecule has 0 saturated carbocycles. The van der Waals surface area contributed by atoms with Crippen LogP contribution in [0.3, 0.4) is 0 Å². The predicted octanol–water partition coefficient (Wildman–Crippen LogP) is 2.73. The Labute approximate surface area is 68.2 Å². The smallest absolute Gasteiger partial charge is 0.0194 e. The zero-order chi connectivity index (χ0) is 7.66. The van der Waals surface area contributed by atoms with E-state index < -0.39 is 0 Å². The lowest BCUT2D eigenvalue weighted by atomic mass is 10.1. The molecule has 0 N–H and O–H groups in total. The van der Waals surface area contributed by atoms with Crippen molar-refractivity contribution in [3.8, 4) is 0 Å². The Kier molecular flexibility index (Phi) is 9.42. The largest absolute Gasteiger partial charge is 0.0656 e. The Morgan fingerprint density at radius 1 is 1.00 bits per heavy atom. The normalized spacial score (nSPS) is 11.4. The second-order valence-corrected chi connectivity index (χ2v) is 4.39. The fourth-order valence-corrected chi connectivity index (χ4v) is 1.84. The van der Waals surface area contributed by atoms with Crippen LogP contribution < -0.4 is 0 Å². The van der Waals surface area contributed by atoms with E-state index in [-0.39, 0.29) is 9.52 Å².